The molecule has 0 atom stereocenters. The first-order valence-electron chi connectivity index (χ1n) is 19.0. The predicted octanol–water partition coefficient (Wildman–Crippen LogP) is 14.2. The van der Waals surface area contributed by atoms with Gasteiger partial charge in [0.15, 0.2) is 5.58 Å². The average molecular weight is 700 g/mol. The van der Waals surface area contributed by atoms with Gasteiger partial charge >= 0.3 is 0 Å². The van der Waals surface area contributed by atoms with E-state index in [2.05, 4.69) is 205 Å². The molecule has 0 fully saturated rings. The lowest BCUT2D eigenvalue weighted by Gasteiger charge is -2.32. The van der Waals surface area contributed by atoms with Crippen LogP contribution in [0.25, 0.3) is 66.1 Å². The lowest BCUT2D eigenvalue weighted by Crippen LogP contribution is -2.26. The van der Waals surface area contributed by atoms with Gasteiger partial charge in [0.25, 0.3) is 0 Å². The van der Waals surface area contributed by atoms with Crippen molar-refractivity contribution in [2.75, 3.05) is 4.90 Å². The fourth-order valence-corrected chi connectivity index (χ4v) is 9.87. The Balaban J connectivity index is 1.20. The molecule has 1 aromatic heterocycles. The van der Waals surface area contributed by atoms with E-state index in [0.717, 1.165) is 39.0 Å². The van der Waals surface area contributed by atoms with Gasteiger partial charge in [-0.2, -0.15) is 0 Å². The summed E-state index contributed by atoms with van der Waals surface area (Å²) in [7, 11) is 0. The van der Waals surface area contributed by atoms with Crippen molar-refractivity contribution in [1.29, 1.82) is 0 Å². The Morgan fingerprint density at radius 1 is 0.400 bits per heavy atom. The van der Waals surface area contributed by atoms with Gasteiger partial charge in [-0.05, 0) is 91.2 Å². The molecular formula is C53H33NO. The summed E-state index contributed by atoms with van der Waals surface area (Å²) in [6.07, 6.45) is 0. The van der Waals surface area contributed by atoms with Crippen LogP contribution in [-0.2, 0) is 5.41 Å². The van der Waals surface area contributed by atoms with E-state index in [0.29, 0.717) is 0 Å². The number of hydrogen-bond donors (Lipinski definition) is 0. The standard InChI is InChI=1S/C53H33NO/c1-2-15-34(16-3-1)35-29-31-37(32-30-35)54(48-33-36-17-4-5-18-38(36)50-42-22-9-13-28-49(42)55-52(48)50)47-27-14-26-46-51(47)41-21-8-12-25-45(41)53(46)43-23-10-6-19-39(43)40-20-7-11-24-44(40)53/h1-33H. The Morgan fingerprint density at radius 3 is 1.71 bits per heavy atom. The molecule has 2 aliphatic carbocycles. The number of fused-ring (bicyclic) bond motifs is 15. The van der Waals surface area contributed by atoms with Crippen molar-refractivity contribution in [3.63, 3.8) is 0 Å². The van der Waals surface area contributed by atoms with Crippen molar-refractivity contribution < 1.29 is 4.42 Å². The first-order valence-corrected chi connectivity index (χ1v) is 19.0. The van der Waals surface area contributed by atoms with Gasteiger partial charge in [-0.25, -0.2) is 0 Å². The molecule has 0 saturated carbocycles. The van der Waals surface area contributed by atoms with Crippen molar-refractivity contribution >= 4 is 49.8 Å². The van der Waals surface area contributed by atoms with Crippen LogP contribution in [0.15, 0.2) is 205 Å². The zero-order valence-corrected chi connectivity index (χ0v) is 29.9. The molecule has 55 heavy (non-hydrogen) atoms. The highest BCUT2D eigenvalue weighted by atomic mass is 16.3. The summed E-state index contributed by atoms with van der Waals surface area (Å²) in [6.45, 7) is 0. The molecule has 10 aromatic rings. The quantitative estimate of drug-likeness (QED) is 0.182. The van der Waals surface area contributed by atoms with Gasteiger partial charge in [0, 0.05) is 22.0 Å². The zero-order chi connectivity index (χ0) is 36.1. The Bertz CT molecular complexity index is 3110. The van der Waals surface area contributed by atoms with Gasteiger partial charge in [0.1, 0.15) is 5.58 Å². The number of para-hydroxylation sites is 1. The maximum absolute atomic E-state index is 6.94. The third-order valence-electron chi connectivity index (χ3n) is 12.1. The topological polar surface area (TPSA) is 16.4 Å². The van der Waals surface area contributed by atoms with Gasteiger partial charge in [0.05, 0.1) is 16.8 Å². The summed E-state index contributed by atoms with van der Waals surface area (Å²) in [6, 6.07) is 73.1. The molecule has 0 bridgehead atoms. The van der Waals surface area contributed by atoms with Gasteiger partial charge in [-0.1, -0.05) is 170 Å². The largest absolute Gasteiger partial charge is 0.454 e. The molecule has 0 aliphatic heterocycles. The van der Waals surface area contributed by atoms with Gasteiger partial charge in [0.2, 0.25) is 0 Å². The predicted molar refractivity (Wildman–Crippen MR) is 228 cm³/mol. The van der Waals surface area contributed by atoms with Crippen LogP contribution in [-0.4, -0.2) is 0 Å². The monoisotopic (exact) mass is 699 g/mol. The van der Waals surface area contributed by atoms with E-state index in [9.17, 15) is 0 Å². The molecule has 0 unspecified atom stereocenters. The summed E-state index contributed by atoms with van der Waals surface area (Å²) in [4.78, 5) is 2.45. The van der Waals surface area contributed by atoms with E-state index in [-0.39, 0.29) is 0 Å². The minimum absolute atomic E-state index is 0.448. The minimum Gasteiger partial charge on any atom is -0.454 e. The van der Waals surface area contributed by atoms with Crippen LogP contribution < -0.4 is 4.90 Å². The van der Waals surface area contributed by atoms with Gasteiger partial charge < -0.3 is 9.32 Å². The Hall–Kier alpha value is -7.16. The van der Waals surface area contributed by atoms with Crippen LogP contribution in [0.1, 0.15) is 22.3 Å². The highest BCUT2D eigenvalue weighted by molar-refractivity contribution is 6.23. The molecule has 9 aromatic carbocycles. The third kappa shape index (κ3) is 4.08. The molecule has 1 heterocycles. The Kier molecular flexibility index (Phi) is 6.29. The molecule has 2 nitrogen and oxygen atoms in total. The highest BCUT2D eigenvalue weighted by Gasteiger charge is 2.52. The van der Waals surface area contributed by atoms with Crippen molar-refractivity contribution in [1.82, 2.24) is 0 Å². The molecule has 2 heteroatoms. The second-order valence-electron chi connectivity index (χ2n) is 14.8. The molecule has 0 N–H and O–H groups in total. The van der Waals surface area contributed by atoms with Crippen LogP contribution in [0, 0.1) is 0 Å². The molecule has 12 rings (SSSR count). The molecule has 0 radical (unpaired) electrons. The fourth-order valence-electron chi connectivity index (χ4n) is 9.87. The summed E-state index contributed by atoms with van der Waals surface area (Å²) in [5, 5.41) is 4.62. The lowest BCUT2D eigenvalue weighted by atomic mass is 9.70. The zero-order valence-electron chi connectivity index (χ0n) is 29.9. The molecule has 256 valence electrons. The van der Waals surface area contributed by atoms with Crippen molar-refractivity contribution in [2.45, 2.75) is 5.41 Å². The van der Waals surface area contributed by atoms with Gasteiger partial charge in [-0.3, -0.25) is 0 Å². The number of benzene rings is 9. The average Bonchev–Trinajstić information content (AvgIpc) is 3.90. The maximum Gasteiger partial charge on any atom is 0.160 e. The number of nitrogens with zero attached hydrogens (tertiary/aromatic N) is 1. The first-order chi connectivity index (χ1) is 27.3. The Labute approximate surface area is 319 Å². The number of rotatable bonds is 4. The van der Waals surface area contributed by atoms with E-state index in [4.69, 9.17) is 4.42 Å². The molecule has 2 aliphatic rings. The number of anilines is 3. The number of hydrogen-bond acceptors (Lipinski definition) is 2. The first kappa shape index (κ1) is 30.3. The molecular weight excluding hydrogens is 667 g/mol. The second-order valence-corrected chi connectivity index (χ2v) is 14.8. The van der Waals surface area contributed by atoms with Crippen molar-refractivity contribution in [3.05, 3.63) is 222 Å². The van der Waals surface area contributed by atoms with Crippen LogP contribution in [0.4, 0.5) is 17.1 Å². The fraction of sp³-hybridized carbons (Fsp3) is 0.0189. The summed E-state index contributed by atoms with van der Waals surface area (Å²) >= 11 is 0. The highest BCUT2D eigenvalue weighted by Crippen LogP contribution is 2.65. The van der Waals surface area contributed by atoms with E-state index in [1.54, 1.807) is 0 Å². The van der Waals surface area contributed by atoms with E-state index in [1.165, 1.54) is 66.4 Å². The van der Waals surface area contributed by atoms with Crippen LogP contribution in [0.2, 0.25) is 0 Å². The SMILES string of the molecule is c1ccc(-c2ccc(N(c3cccc4c3-c3ccccc3C43c4ccccc4-c4ccccc43)c3cc4ccccc4c4c3oc3ccccc34)cc2)cc1. The normalized spacial score (nSPS) is 13.2. The summed E-state index contributed by atoms with van der Waals surface area (Å²) in [5.74, 6) is 0. The van der Waals surface area contributed by atoms with Crippen molar-refractivity contribution in [3.8, 4) is 33.4 Å². The van der Waals surface area contributed by atoms with Gasteiger partial charge in [-0.15, -0.1) is 0 Å². The number of furan rings is 1. The maximum atomic E-state index is 6.94. The minimum atomic E-state index is -0.448. The summed E-state index contributed by atoms with van der Waals surface area (Å²) in [5.41, 5.74) is 17.3. The summed E-state index contributed by atoms with van der Waals surface area (Å²) < 4.78 is 6.94. The van der Waals surface area contributed by atoms with Crippen LogP contribution >= 0.6 is 0 Å². The Morgan fingerprint density at radius 2 is 0.964 bits per heavy atom. The van der Waals surface area contributed by atoms with E-state index >= 15 is 0 Å². The van der Waals surface area contributed by atoms with Crippen LogP contribution in [0.3, 0.4) is 0 Å². The van der Waals surface area contributed by atoms with Crippen molar-refractivity contribution in [2.24, 2.45) is 0 Å². The third-order valence-corrected chi connectivity index (χ3v) is 12.1. The second kappa shape index (κ2) is 11.4. The molecule has 0 amide bonds. The molecule has 0 saturated heterocycles. The van der Waals surface area contributed by atoms with Crippen LogP contribution in [0.5, 0.6) is 0 Å². The lowest BCUT2D eigenvalue weighted by molar-refractivity contribution is 0.669. The molecule has 1 spiro atoms. The smallest absolute Gasteiger partial charge is 0.160 e. The van der Waals surface area contributed by atoms with E-state index < -0.39 is 5.41 Å². The van der Waals surface area contributed by atoms with E-state index in [1.807, 2.05) is 0 Å².